The average Bonchev–Trinajstić information content (AvgIpc) is 1.99. The van der Waals surface area contributed by atoms with E-state index in [9.17, 15) is 4.39 Å². The van der Waals surface area contributed by atoms with Gasteiger partial charge in [0.25, 0.3) is 0 Å². The first-order valence-electron chi connectivity index (χ1n) is 3.77. The molecule has 64 valence electrons. The van der Waals surface area contributed by atoms with Crippen molar-refractivity contribution in [2.75, 3.05) is 6.61 Å². The molecule has 0 aromatic heterocycles. The molecule has 2 heteroatoms. The Morgan fingerprint density at radius 1 is 1.42 bits per heavy atom. The number of aryl methyl sites for hydroxylation is 1. The Morgan fingerprint density at radius 3 is 2.75 bits per heavy atom. The molecule has 1 rings (SSSR count). The molecule has 0 aliphatic heterocycles. The van der Waals surface area contributed by atoms with Crippen LogP contribution in [0.3, 0.4) is 0 Å². The van der Waals surface area contributed by atoms with Gasteiger partial charge in [-0.05, 0) is 30.2 Å². The average molecular weight is 166 g/mol. The number of halogens is 1. The van der Waals surface area contributed by atoms with E-state index in [0.717, 1.165) is 11.1 Å². The van der Waals surface area contributed by atoms with Gasteiger partial charge in [0.15, 0.2) is 0 Å². The maximum absolute atomic E-state index is 12.8. The molecule has 1 aromatic rings. The lowest BCUT2D eigenvalue weighted by atomic mass is 10.1. The quantitative estimate of drug-likeness (QED) is 0.713. The van der Waals surface area contributed by atoms with Crippen LogP contribution < -0.4 is 0 Å². The third-order valence-corrected chi connectivity index (χ3v) is 1.48. The van der Waals surface area contributed by atoms with Gasteiger partial charge in [0.2, 0.25) is 0 Å². The molecule has 0 amide bonds. The molecule has 12 heavy (non-hydrogen) atoms. The summed E-state index contributed by atoms with van der Waals surface area (Å²) in [5, 5.41) is 8.49. The number of benzene rings is 1. The number of hydrogen-bond donors (Lipinski definition) is 1. The molecule has 1 N–H and O–H groups in total. The van der Waals surface area contributed by atoms with Gasteiger partial charge in [-0.25, -0.2) is 4.39 Å². The van der Waals surface area contributed by atoms with Crippen molar-refractivity contribution in [1.29, 1.82) is 0 Å². The number of hydrogen-bond acceptors (Lipinski definition) is 1. The van der Waals surface area contributed by atoms with E-state index in [1.807, 2.05) is 13.0 Å². The van der Waals surface area contributed by atoms with E-state index in [1.54, 1.807) is 12.2 Å². The number of aliphatic hydroxyl groups is 1. The monoisotopic (exact) mass is 166 g/mol. The van der Waals surface area contributed by atoms with Crippen LogP contribution in [0.15, 0.2) is 24.3 Å². The van der Waals surface area contributed by atoms with E-state index in [2.05, 4.69) is 0 Å². The fourth-order valence-corrected chi connectivity index (χ4v) is 1.05. The van der Waals surface area contributed by atoms with Crippen LogP contribution in [-0.2, 0) is 0 Å². The third-order valence-electron chi connectivity index (χ3n) is 1.48. The van der Waals surface area contributed by atoms with Crippen LogP contribution in [0.4, 0.5) is 4.39 Å². The van der Waals surface area contributed by atoms with Crippen molar-refractivity contribution in [3.05, 3.63) is 41.2 Å². The van der Waals surface area contributed by atoms with Crippen LogP contribution in [0.5, 0.6) is 0 Å². The van der Waals surface area contributed by atoms with Gasteiger partial charge < -0.3 is 5.11 Å². The second-order valence-electron chi connectivity index (χ2n) is 2.65. The van der Waals surface area contributed by atoms with Crippen LogP contribution >= 0.6 is 0 Å². The van der Waals surface area contributed by atoms with Gasteiger partial charge in [0, 0.05) is 0 Å². The Kier molecular flexibility index (Phi) is 3.00. The summed E-state index contributed by atoms with van der Waals surface area (Å²) in [6.45, 7) is 1.81. The minimum Gasteiger partial charge on any atom is -0.392 e. The van der Waals surface area contributed by atoms with Crippen molar-refractivity contribution in [1.82, 2.24) is 0 Å². The summed E-state index contributed by atoms with van der Waals surface area (Å²) in [7, 11) is 0. The van der Waals surface area contributed by atoms with E-state index in [0.29, 0.717) is 0 Å². The standard InChI is InChI=1S/C10H11FO/c1-8-5-9(3-2-4-12)7-10(11)6-8/h2-3,5-7,12H,4H2,1H3. The Morgan fingerprint density at radius 2 is 2.17 bits per heavy atom. The van der Waals surface area contributed by atoms with E-state index >= 15 is 0 Å². The fourth-order valence-electron chi connectivity index (χ4n) is 1.05. The molecule has 0 fully saturated rings. The SMILES string of the molecule is Cc1cc(F)cc(C=CCO)c1. The molecule has 0 radical (unpaired) electrons. The molecule has 0 saturated heterocycles. The van der Waals surface area contributed by atoms with E-state index in [4.69, 9.17) is 5.11 Å². The Labute approximate surface area is 71.2 Å². The van der Waals surface area contributed by atoms with Crippen molar-refractivity contribution in [2.45, 2.75) is 6.92 Å². The first-order chi connectivity index (χ1) is 5.72. The predicted molar refractivity (Wildman–Crippen MR) is 47.3 cm³/mol. The van der Waals surface area contributed by atoms with E-state index in [-0.39, 0.29) is 12.4 Å². The molecule has 1 aromatic carbocycles. The summed E-state index contributed by atoms with van der Waals surface area (Å²) in [6.07, 6.45) is 3.27. The van der Waals surface area contributed by atoms with E-state index < -0.39 is 0 Å². The molecule has 0 spiro atoms. The van der Waals surface area contributed by atoms with Crippen LogP contribution in [0.25, 0.3) is 6.08 Å². The molecule has 0 aliphatic carbocycles. The zero-order valence-electron chi connectivity index (χ0n) is 6.92. The highest BCUT2D eigenvalue weighted by Crippen LogP contribution is 2.09. The molecule has 1 nitrogen and oxygen atoms in total. The third kappa shape index (κ3) is 2.47. The lowest BCUT2D eigenvalue weighted by molar-refractivity contribution is 0.343. The van der Waals surface area contributed by atoms with Crippen molar-refractivity contribution in [3.63, 3.8) is 0 Å². The molecular weight excluding hydrogens is 155 g/mol. The summed E-state index contributed by atoms with van der Waals surface area (Å²) in [5.74, 6) is -0.243. The summed E-state index contributed by atoms with van der Waals surface area (Å²) in [5.41, 5.74) is 1.66. The fraction of sp³-hybridized carbons (Fsp3) is 0.200. The molecule has 0 unspecified atom stereocenters. The number of rotatable bonds is 2. The molecule has 0 bridgehead atoms. The smallest absolute Gasteiger partial charge is 0.124 e. The van der Waals surface area contributed by atoms with Gasteiger partial charge >= 0.3 is 0 Å². The molecule has 0 heterocycles. The Bertz CT molecular complexity index is 272. The number of aliphatic hydroxyl groups excluding tert-OH is 1. The topological polar surface area (TPSA) is 20.2 Å². The van der Waals surface area contributed by atoms with Crippen molar-refractivity contribution >= 4 is 6.08 Å². The van der Waals surface area contributed by atoms with Gasteiger partial charge in [0.05, 0.1) is 6.61 Å². The Hall–Kier alpha value is -1.15. The van der Waals surface area contributed by atoms with Gasteiger partial charge in [-0.1, -0.05) is 18.2 Å². The van der Waals surface area contributed by atoms with Gasteiger partial charge in [-0.2, -0.15) is 0 Å². The van der Waals surface area contributed by atoms with Crippen LogP contribution in [0, 0.1) is 12.7 Å². The highest BCUT2D eigenvalue weighted by molar-refractivity contribution is 5.50. The Balaban J connectivity index is 2.93. The largest absolute Gasteiger partial charge is 0.392 e. The van der Waals surface area contributed by atoms with E-state index in [1.165, 1.54) is 12.1 Å². The minimum atomic E-state index is -0.243. The van der Waals surface area contributed by atoms with Crippen molar-refractivity contribution in [3.8, 4) is 0 Å². The minimum absolute atomic E-state index is 0.0183. The summed E-state index contributed by atoms with van der Waals surface area (Å²) < 4.78 is 12.8. The first-order valence-corrected chi connectivity index (χ1v) is 3.77. The molecule has 0 atom stereocenters. The zero-order chi connectivity index (χ0) is 8.97. The normalized spacial score (nSPS) is 10.9. The molecule has 0 aliphatic rings. The van der Waals surface area contributed by atoms with Crippen LogP contribution in [0.1, 0.15) is 11.1 Å². The van der Waals surface area contributed by atoms with Crippen LogP contribution in [0.2, 0.25) is 0 Å². The molecule has 0 saturated carbocycles. The highest BCUT2D eigenvalue weighted by Gasteiger charge is 1.93. The van der Waals surface area contributed by atoms with Crippen molar-refractivity contribution in [2.24, 2.45) is 0 Å². The predicted octanol–water partition coefficient (Wildman–Crippen LogP) is 2.14. The zero-order valence-corrected chi connectivity index (χ0v) is 6.92. The second-order valence-corrected chi connectivity index (χ2v) is 2.65. The summed E-state index contributed by atoms with van der Waals surface area (Å²) in [6, 6.07) is 4.75. The lowest BCUT2D eigenvalue weighted by Crippen LogP contribution is -1.81. The van der Waals surface area contributed by atoms with Gasteiger partial charge in [-0.3, -0.25) is 0 Å². The van der Waals surface area contributed by atoms with Gasteiger partial charge in [0.1, 0.15) is 5.82 Å². The van der Waals surface area contributed by atoms with Crippen LogP contribution in [-0.4, -0.2) is 11.7 Å². The first kappa shape index (κ1) is 8.94. The van der Waals surface area contributed by atoms with Crippen molar-refractivity contribution < 1.29 is 9.50 Å². The van der Waals surface area contributed by atoms with Gasteiger partial charge in [-0.15, -0.1) is 0 Å². The highest BCUT2D eigenvalue weighted by atomic mass is 19.1. The summed E-state index contributed by atoms with van der Waals surface area (Å²) in [4.78, 5) is 0. The maximum atomic E-state index is 12.8. The maximum Gasteiger partial charge on any atom is 0.124 e. The second kappa shape index (κ2) is 4.02. The molecular formula is C10H11FO. The summed E-state index contributed by atoms with van der Waals surface area (Å²) >= 11 is 0. The lowest BCUT2D eigenvalue weighted by Gasteiger charge is -1.96.